The summed E-state index contributed by atoms with van der Waals surface area (Å²) in [7, 11) is -3.46. The molecule has 0 aliphatic carbocycles. The molecule has 9 heteroatoms. The third-order valence-corrected chi connectivity index (χ3v) is 3.45. The minimum atomic E-state index is -4.51. The van der Waals surface area contributed by atoms with Gasteiger partial charge in [0, 0.05) is 0 Å². The lowest BCUT2D eigenvalue weighted by molar-refractivity contribution is -0.136. The molecule has 1 heterocycles. The van der Waals surface area contributed by atoms with Gasteiger partial charge in [0.2, 0.25) is 0 Å². The molecule has 0 aromatic heterocycles. The Hall–Kier alpha value is -1.61. The van der Waals surface area contributed by atoms with Gasteiger partial charge in [0.05, 0.1) is 12.7 Å². The van der Waals surface area contributed by atoms with Crippen LogP contribution < -0.4 is 0 Å². The third-order valence-electron chi connectivity index (χ3n) is 2.16. The van der Waals surface area contributed by atoms with Crippen LogP contribution in [0.1, 0.15) is 13.3 Å². The zero-order valence-electron chi connectivity index (χ0n) is 9.08. The Labute approximate surface area is 97.1 Å². The highest BCUT2D eigenvalue weighted by Crippen LogP contribution is 2.26. The molecule has 0 spiro atoms. The van der Waals surface area contributed by atoms with Crippen LogP contribution in [0.25, 0.3) is 0 Å². The lowest BCUT2D eigenvalue weighted by atomic mass is 10.1. The summed E-state index contributed by atoms with van der Waals surface area (Å²) in [6.07, 6.45) is -0.0918. The summed E-state index contributed by atoms with van der Waals surface area (Å²) >= 11 is 0. The van der Waals surface area contributed by atoms with Gasteiger partial charge in [0.15, 0.2) is 5.70 Å². The fourth-order valence-electron chi connectivity index (χ4n) is 1.41. The van der Waals surface area contributed by atoms with Gasteiger partial charge in [-0.3, -0.25) is 9.35 Å². The van der Waals surface area contributed by atoms with E-state index in [0.717, 1.165) is 7.11 Å². The molecule has 1 N–H and O–H groups in total. The topological polar surface area (TPSA) is 122 Å². The number of carbonyl (C=O) groups is 2. The van der Waals surface area contributed by atoms with Crippen LogP contribution in [0.5, 0.6) is 0 Å². The first kappa shape index (κ1) is 13.5. The molecular weight excluding hydrogens is 252 g/mol. The van der Waals surface area contributed by atoms with Crippen molar-refractivity contribution in [1.82, 2.24) is 0 Å². The second-order valence-electron chi connectivity index (χ2n) is 3.17. The Morgan fingerprint density at radius 3 is 2.47 bits per heavy atom. The molecule has 1 amide bonds. The zero-order chi connectivity index (χ0) is 13.2. The van der Waals surface area contributed by atoms with Gasteiger partial charge in [-0.05, 0) is 6.42 Å². The Morgan fingerprint density at radius 2 is 2.06 bits per heavy atom. The zero-order valence-corrected chi connectivity index (χ0v) is 9.89. The van der Waals surface area contributed by atoms with Gasteiger partial charge in [0.25, 0.3) is 16.0 Å². The maximum absolute atomic E-state index is 11.4. The number of esters is 1. The number of azo groups is 1. The van der Waals surface area contributed by atoms with Crippen LogP contribution in [0, 0.1) is 0 Å². The number of carbonyl (C=O) groups excluding carboxylic acids is 2. The number of amides is 1. The number of hydrogen-bond acceptors (Lipinski definition) is 6. The van der Waals surface area contributed by atoms with Crippen molar-refractivity contribution in [3.05, 3.63) is 11.3 Å². The van der Waals surface area contributed by atoms with Crippen LogP contribution in [0.3, 0.4) is 0 Å². The lowest BCUT2D eigenvalue weighted by Crippen LogP contribution is -2.27. The molecule has 8 nitrogen and oxygen atoms in total. The molecule has 0 saturated carbocycles. The van der Waals surface area contributed by atoms with Crippen LogP contribution in [0.15, 0.2) is 21.5 Å². The molecule has 0 saturated heterocycles. The molecule has 94 valence electrons. The second kappa shape index (κ2) is 4.72. The van der Waals surface area contributed by atoms with E-state index in [1.54, 1.807) is 0 Å². The molecule has 0 radical (unpaired) electrons. The summed E-state index contributed by atoms with van der Waals surface area (Å²) < 4.78 is 35.5. The molecule has 1 unspecified atom stereocenters. The second-order valence-corrected chi connectivity index (χ2v) is 4.77. The first-order valence-electron chi connectivity index (χ1n) is 4.57. The summed E-state index contributed by atoms with van der Waals surface area (Å²) in [5.41, 5.74) is -0.941. The van der Waals surface area contributed by atoms with Gasteiger partial charge < -0.3 is 4.74 Å². The van der Waals surface area contributed by atoms with Gasteiger partial charge in [-0.1, -0.05) is 6.92 Å². The van der Waals surface area contributed by atoms with Crippen molar-refractivity contribution in [2.45, 2.75) is 18.6 Å². The van der Waals surface area contributed by atoms with E-state index in [-0.39, 0.29) is 6.42 Å². The predicted molar refractivity (Wildman–Crippen MR) is 54.5 cm³/mol. The normalized spacial score (nSPS) is 17.5. The number of methoxy groups -OCH3 is 1. The summed E-state index contributed by atoms with van der Waals surface area (Å²) in [5.74, 6) is -1.94. The van der Waals surface area contributed by atoms with Crippen molar-refractivity contribution in [1.29, 1.82) is 0 Å². The van der Waals surface area contributed by atoms with Crippen LogP contribution in [-0.4, -0.2) is 37.2 Å². The molecule has 1 rings (SSSR count). The number of nitrogens with zero attached hydrogens (tertiary/aromatic N) is 2. The third kappa shape index (κ3) is 2.56. The van der Waals surface area contributed by atoms with Crippen LogP contribution in [0.2, 0.25) is 0 Å². The number of hydrogen-bond donors (Lipinski definition) is 1. The Balaban J connectivity index is 3.34. The van der Waals surface area contributed by atoms with Crippen LogP contribution in [0.4, 0.5) is 0 Å². The van der Waals surface area contributed by atoms with E-state index in [9.17, 15) is 18.0 Å². The first-order valence-corrected chi connectivity index (χ1v) is 6.08. The highest BCUT2D eigenvalue weighted by atomic mass is 32.2. The Kier molecular flexibility index (Phi) is 3.73. The van der Waals surface area contributed by atoms with E-state index < -0.39 is 38.5 Å². The van der Waals surface area contributed by atoms with Crippen molar-refractivity contribution < 1.29 is 27.3 Å². The minimum absolute atomic E-state index is 0.0918. The fraction of sp³-hybridized carbons (Fsp3) is 0.500. The number of ether oxygens (including phenoxy) is 1. The Morgan fingerprint density at radius 1 is 1.47 bits per heavy atom. The molecule has 0 bridgehead atoms. The molecule has 17 heavy (non-hydrogen) atoms. The average Bonchev–Trinajstić information content (AvgIpc) is 2.59. The quantitative estimate of drug-likeness (QED) is 0.565. The van der Waals surface area contributed by atoms with Crippen molar-refractivity contribution in [2.75, 3.05) is 7.11 Å². The molecule has 1 aliphatic rings. The summed E-state index contributed by atoms with van der Waals surface area (Å²) in [4.78, 5) is 22.6. The van der Waals surface area contributed by atoms with Crippen molar-refractivity contribution >= 4 is 22.0 Å². The lowest BCUT2D eigenvalue weighted by Gasteiger charge is -2.11. The van der Waals surface area contributed by atoms with Gasteiger partial charge in [0.1, 0.15) is 5.25 Å². The minimum Gasteiger partial charge on any atom is -0.464 e. The molecule has 1 atom stereocenters. The first-order chi connectivity index (χ1) is 7.82. The molecule has 0 fully saturated rings. The van der Waals surface area contributed by atoms with Gasteiger partial charge in [-0.15, -0.1) is 10.2 Å². The monoisotopic (exact) mass is 262 g/mol. The van der Waals surface area contributed by atoms with Gasteiger partial charge in [-0.25, -0.2) is 4.79 Å². The Bertz CT molecular complexity index is 518. The highest BCUT2D eigenvalue weighted by molar-refractivity contribution is 7.86. The molecule has 1 aliphatic heterocycles. The van der Waals surface area contributed by atoms with Gasteiger partial charge >= 0.3 is 5.97 Å². The smallest absolute Gasteiger partial charge is 0.359 e. The van der Waals surface area contributed by atoms with Gasteiger partial charge in [-0.2, -0.15) is 8.42 Å². The van der Waals surface area contributed by atoms with Crippen molar-refractivity contribution in [3.63, 3.8) is 0 Å². The summed E-state index contributed by atoms with van der Waals surface area (Å²) in [6, 6.07) is 0. The highest BCUT2D eigenvalue weighted by Gasteiger charge is 2.38. The van der Waals surface area contributed by atoms with Crippen LogP contribution >= 0.6 is 0 Å². The van der Waals surface area contributed by atoms with E-state index in [2.05, 4.69) is 15.0 Å². The predicted octanol–water partition coefficient (Wildman–Crippen LogP) is 0.0723. The fourth-order valence-corrected chi connectivity index (χ4v) is 2.34. The molecular formula is C8H10N2O6S. The standard InChI is InChI=1S/C8H10N2O6S/c1-3-4(17(13,14)15)5-6(8(12)16-2)9-10-7(5)11/h4H,3H2,1-2H3,(H,13,14,15). The van der Waals surface area contributed by atoms with E-state index in [1.807, 2.05) is 0 Å². The SMILES string of the molecule is CCC(C1=C(C(=O)OC)N=NC1=O)S(=O)(=O)O. The number of rotatable bonds is 4. The van der Waals surface area contributed by atoms with E-state index in [1.165, 1.54) is 6.92 Å². The van der Waals surface area contributed by atoms with E-state index in [0.29, 0.717) is 0 Å². The largest absolute Gasteiger partial charge is 0.464 e. The van der Waals surface area contributed by atoms with Crippen molar-refractivity contribution in [3.8, 4) is 0 Å². The summed E-state index contributed by atoms with van der Waals surface area (Å²) in [6.45, 7) is 1.44. The van der Waals surface area contributed by atoms with E-state index >= 15 is 0 Å². The molecule has 0 aromatic carbocycles. The van der Waals surface area contributed by atoms with Crippen molar-refractivity contribution in [2.24, 2.45) is 10.2 Å². The van der Waals surface area contributed by atoms with Crippen LogP contribution in [-0.2, 0) is 24.4 Å². The summed E-state index contributed by atoms with van der Waals surface area (Å²) in [5, 5.41) is 4.81. The molecule has 0 aromatic rings. The van der Waals surface area contributed by atoms with E-state index in [4.69, 9.17) is 4.55 Å². The maximum atomic E-state index is 11.4. The average molecular weight is 262 g/mol. The maximum Gasteiger partial charge on any atom is 0.359 e.